The minimum absolute atomic E-state index is 0.00530. The molecular formula is C23H18BrF3N4O4. The van der Waals surface area contributed by atoms with Gasteiger partial charge in [-0.05, 0) is 22.0 Å². The third-order valence-electron chi connectivity index (χ3n) is 5.03. The van der Waals surface area contributed by atoms with Crippen molar-refractivity contribution in [1.29, 1.82) is 0 Å². The number of nitrogens with one attached hydrogen (secondary N) is 1. The molecule has 0 fully saturated rings. The topological polar surface area (TPSA) is 87.0 Å². The van der Waals surface area contributed by atoms with Gasteiger partial charge in [-0.25, -0.2) is 9.50 Å². The summed E-state index contributed by atoms with van der Waals surface area (Å²) in [5.41, 5.74) is -0.702. The van der Waals surface area contributed by atoms with Gasteiger partial charge in [0.2, 0.25) is 5.75 Å². The van der Waals surface area contributed by atoms with E-state index < -0.39 is 17.8 Å². The number of methoxy groups -OCH3 is 3. The first-order chi connectivity index (χ1) is 16.7. The van der Waals surface area contributed by atoms with E-state index in [-0.39, 0.29) is 38.7 Å². The maximum atomic E-state index is 13.9. The SMILES string of the molecule is COc1cc(NC(=O)c2nn3c(C(F)(F)F)cc(-c4ccccc4)nc3c2Br)cc(OC)c1OC. The molecule has 0 aliphatic heterocycles. The van der Waals surface area contributed by atoms with Crippen molar-refractivity contribution in [3.8, 4) is 28.5 Å². The van der Waals surface area contributed by atoms with Crippen LogP contribution in [0.25, 0.3) is 16.9 Å². The lowest BCUT2D eigenvalue weighted by atomic mass is 10.1. The first-order valence-electron chi connectivity index (χ1n) is 10.0. The van der Waals surface area contributed by atoms with E-state index >= 15 is 0 Å². The molecule has 0 saturated carbocycles. The lowest BCUT2D eigenvalue weighted by Gasteiger charge is -2.14. The Bertz CT molecular complexity index is 1380. The number of ether oxygens (including phenoxy) is 3. The Labute approximate surface area is 205 Å². The Kier molecular flexibility index (Phi) is 6.57. The zero-order chi connectivity index (χ0) is 25.3. The first kappa shape index (κ1) is 24.3. The van der Waals surface area contributed by atoms with E-state index in [0.717, 1.165) is 6.07 Å². The van der Waals surface area contributed by atoms with Gasteiger partial charge < -0.3 is 19.5 Å². The summed E-state index contributed by atoms with van der Waals surface area (Å²) in [6.07, 6.45) is -4.75. The fraction of sp³-hybridized carbons (Fsp3) is 0.174. The molecule has 2 aromatic carbocycles. The summed E-state index contributed by atoms with van der Waals surface area (Å²) in [7, 11) is 4.26. The fourth-order valence-corrected chi connectivity index (χ4v) is 3.95. The van der Waals surface area contributed by atoms with E-state index in [0.29, 0.717) is 15.8 Å². The summed E-state index contributed by atoms with van der Waals surface area (Å²) in [5, 5.41) is 6.51. The number of aromatic nitrogens is 3. The monoisotopic (exact) mass is 550 g/mol. The van der Waals surface area contributed by atoms with Gasteiger partial charge in [0.15, 0.2) is 28.5 Å². The molecule has 0 spiro atoms. The molecule has 0 aliphatic rings. The molecule has 0 aliphatic carbocycles. The van der Waals surface area contributed by atoms with Crippen LogP contribution in [0.5, 0.6) is 17.2 Å². The Morgan fingerprint density at radius 2 is 1.63 bits per heavy atom. The number of anilines is 1. The number of benzene rings is 2. The van der Waals surface area contributed by atoms with Crippen molar-refractivity contribution < 1.29 is 32.2 Å². The molecule has 35 heavy (non-hydrogen) atoms. The molecule has 4 rings (SSSR count). The summed E-state index contributed by atoms with van der Waals surface area (Å²) in [5.74, 6) is 0.106. The summed E-state index contributed by atoms with van der Waals surface area (Å²) < 4.78 is 58.1. The molecule has 2 aromatic heterocycles. The van der Waals surface area contributed by atoms with E-state index in [1.54, 1.807) is 30.3 Å². The standard InChI is InChI=1S/C23H18BrF3N4O4/c1-33-15-9-13(10-16(34-2)20(15)35-3)28-22(32)19-18(24)21-29-14(12-7-5-4-6-8-12)11-17(23(25,26)27)31(21)30-19/h4-11H,1-3H3,(H,28,32). The van der Waals surface area contributed by atoms with Gasteiger partial charge in [-0.1, -0.05) is 30.3 Å². The van der Waals surface area contributed by atoms with Crippen molar-refractivity contribution in [2.75, 3.05) is 26.6 Å². The molecule has 0 radical (unpaired) electrons. The minimum Gasteiger partial charge on any atom is -0.493 e. The van der Waals surface area contributed by atoms with Crippen molar-refractivity contribution in [3.63, 3.8) is 0 Å². The molecule has 0 atom stereocenters. The summed E-state index contributed by atoms with van der Waals surface area (Å²) in [4.78, 5) is 17.4. The molecular weight excluding hydrogens is 533 g/mol. The zero-order valence-electron chi connectivity index (χ0n) is 18.6. The van der Waals surface area contributed by atoms with Crippen LogP contribution < -0.4 is 19.5 Å². The number of hydrogen-bond donors (Lipinski definition) is 1. The lowest BCUT2D eigenvalue weighted by Crippen LogP contribution is -2.16. The van der Waals surface area contributed by atoms with Crippen LogP contribution in [-0.2, 0) is 6.18 Å². The average molecular weight is 551 g/mol. The maximum absolute atomic E-state index is 13.9. The van der Waals surface area contributed by atoms with Crippen LogP contribution in [0.1, 0.15) is 16.2 Å². The maximum Gasteiger partial charge on any atom is 0.433 e. The predicted molar refractivity (Wildman–Crippen MR) is 125 cm³/mol. The third kappa shape index (κ3) is 4.61. The summed E-state index contributed by atoms with van der Waals surface area (Å²) in [6, 6.07) is 12.3. The Morgan fingerprint density at radius 1 is 1.00 bits per heavy atom. The number of rotatable bonds is 6. The van der Waals surface area contributed by atoms with Crippen molar-refractivity contribution in [2.45, 2.75) is 6.18 Å². The van der Waals surface area contributed by atoms with Gasteiger partial charge in [-0.2, -0.15) is 18.3 Å². The highest BCUT2D eigenvalue weighted by Crippen LogP contribution is 2.40. The average Bonchev–Trinajstić information content (AvgIpc) is 3.19. The molecule has 0 saturated heterocycles. The number of carbonyl (C=O) groups is 1. The second kappa shape index (κ2) is 9.45. The number of alkyl halides is 3. The second-order valence-corrected chi connectivity index (χ2v) is 7.95. The molecule has 12 heteroatoms. The Morgan fingerprint density at radius 3 is 2.17 bits per heavy atom. The largest absolute Gasteiger partial charge is 0.493 e. The van der Waals surface area contributed by atoms with Crippen LogP contribution in [0.2, 0.25) is 0 Å². The third-order valence-corrected chi connectivity index (χ3v) is 5.76. The lowest BCUT2D eigenvalue weighted by molar-refractivity contribution is -0.142. The molecule has 4 aromatic rings. The second-order valence-electron chi connectivity index (χ2n) is 7.16. The van der Waals surface area contributed by atoms with Gasteiger partial charge in [0, 0.05) is 23.4 Å². The van der Waals surface area contributed by atoms with E-state index in [1.165, 1.54) is 33.5 Å². The van der Waals surface area contributed by atoms with Crippen LogP contribution in [0.15, 0.2) is 53.0 Å². The molecule has 1 N–H and O–H groups in total. The van der Waals surface area contributed by atoms with E-state index in [2.05, 4.69) is 31.3 Å². The quantitative estimate of drug-likeness (QED) is 0.343. The number of carbonyl (C=O) groups excluding carboxylic acids is 1. The molecule has 1 amide bonds. The van der Waals surface area contributed by atoms with E-state index in [1.807, 2.05) is 0 Å². The highest BCUT2D eigenvalue weighted by atomic mass is 79.9. The molecule has 0 bridgehead atoms. The van der Waals surface area contributed by atoms with Crippen molar-refractivity contribution in [1.82, 2.24) is 14.6 Å². The van der Waals surface area contributed by atoms with Gasteiger partial charge in [0.1, 0.15) is 0 Å². The first-order valence-corrected chi connectivity index (χ1v) is 10.8. The minimum atomic E-state index is -4.75. The van der Waals surface area contributed by atoms with Crippen LogP contribution in [0.3, 0.4) is 0 Å². The van der Waals surface area contributed by atoms with Gasteiger partial charge in [-0.15, -0.1) is 0 Å². The Balaban J connectivity index is 1.80. The number of nitrogens with zero attached hydrogens (tertiary/aromatic N) is 3. The number of fused-ring (bicyclic) bond motifs is 1. The van der Waals surface area contributed by atoms with Gasteiger partial charge in [0.25, 0.3) is 5.91 Å². The van der Waals surface area contributed by atoms with Gasteiger partial charge in [0.05, 0.1) is 31.5 Å². The number of halogens is 4. The summed E-state index contributed by atoms with van der Waals surface area (Å²) >= 11 is 3.21. The highest BCUT2D eigenvalue weighted by molar-refractivity contribution is 9.10. The van der Waals surface area contributed by atoms with E-state index in [9.17, 15) is 18.0 Å². The van der Waals surface area contributed by atoms with Crippen molar-refractivity contribution >= 4 is 33.2 Å². The van der Waals surface area contributed by atoms with Crippen LogP contribution in [0.4, 0.5) is 18.9 Å². The molecule has 182 valence electrons. The fourth-order valence-electron chi connectivity index (χ4n) is 3.44. The predicted octanol–water partition coefficient (Wildman–Crippen LogP) is 5.46. The van der Waals surface area contributed by atoms with Crippen LogP contribution in [-0.4, -0.2) is 41.8 Å². The highest BCUT2D eigenvalue weighted by Gasteiger charge is 2.36. The molecule has 2 heterocycles. The normalized spacial score (nSPS) is 11.4. The van der Waals surface area contributed by atoms with Gasteiger partial charge in [-0.3, -0.25) is 4.79 Å². The van der Waals surface area contributed by atoms with Crippen molar-refractivity contribution in [3.05, 3.63) is 64.4 Å². The molecule has 0 unspecified atom stereocenters. The smallest absolute Gasteiger partial charge is 0.433 e. The van der Waals surface area contributed by atoms with Gasteiger partial charge >= 0.3 is 6.18 Å². The van der Waals surface area contributed by atoms with Crippen molar-refractivity contribution in [2.24, 2.45) is 0 Å². The van der Waals surface area contributed by atoms with Crippen LogP contribution in [0, 0.1) is 0 Å². The van der Waals surface area contributed by atoms with Crippen LogP contribution >= 0.6 is 15.9 Å². The summed E-state index contributed by atoms with van der Waals surface area (Å²) in [6.45, 7) is 0. The molecule has 8 nitrogen and oxygen atoms in total. The number of amides is 1. The van der Waals surface area contributed by atoms with E-state index in [4.69, 9.17) is 14.2 Å². The zero-order valence-corrected chi connectivity index (χ0v) is 20.2. The Hall–Kier alpha value is -3.80. The number of hydrogen-bond acceptors (Lipinski definition) is 6.